The first-order chi connectivity index (χ1) is 11.4. The van der Waals surface area contributed by atoms with E-state index in [1.54, 1.807) is 29.2 Å². The average Bonchev–Trinajstić information content (AvgIpc) is 3.24. The lowest BCUT2D eigenvalue weighted by molar-refractivity contribution is -0.128. The Morgan fingerprint density at radius 3 is 2.79 bits per heavy atom. The smallest absolute Gasteiger partial charge is 0.247 e. The largest absolute Gasteiger partial charge is 0.467 e. The molecule has 0 bridgehead atoms. The highest BCUT2D eigenvalue weighted by molar-refractivity contribution is 7.91. The highest BCUT2D eigenvalue weighted by Gasteiger charge is 2.34. The van der Waals surface area contributed by atoms with Crippen LogP contribution in [0.15, 0.2) is 45.4 Å². The SMILES string of the molecule is Cc1ccc(/C=C/C(=O)N(Cc2ccco2)C2CCS(=O)(=O)C2)o1. The first-order valence-corrected chi connectivity index (χ1v) is 9.53. The van der Waals surface area contributed by atoms with Crippen molar-refractivity contribution in [2.45, 2.75) is 25.9 Å². The summed E-state index contributed by atoms with van der Waals surface area (Å²) in [6, 6.07) is 6.76. The maximum absolute atomic E-state index is 12.6. The summed E-state index contributed by atoms with van der Waals surface area (Å²) < 4.78 is 34.2. The van der Waals surface area contributed by atoms with E-state index in [0.717, 1.165) is 5.76 Å². The molecule has 1 amide bonds. The van der Waals surface area contributed by atoms with Crippen molar-refractivity contribution in [2.24, 2.45) is 0 Å². The van der Waals surface area contributed by atoms with E-state index in [9.17, 15) is 13.2 Å². The fraction of sp³-hybridized carbons (Fsp3) is 0.353. The Balaban J connectivity index is 1.78. The molecule has 2 aromatic rings. The first kappa shape index (κ1) is 16.6. The molecule has 1 fully saturated rings. The molecule has 24 heavy (non-hydrogen) atoms. The molecule has 0 spiro atoms. The zero-order valence-electron chi connectivity index (χ0n) is 13.3. The number of hydrogen-bond acceptors (Lipinski definition) is 5. The second-order valence-electron chi connectivity index (χ2n) is 5.88. The van der Waals surface area contributed by atoms with E-state index in [0.29, 0.717) is 17.9 Å². The standard InChI is InChI=1S/C17H19NO5S/c1-13-4-5-15(23-13)6-7-17(19)18(11-16-3-2-9-22-16)14-8-10-24(20,21)12-14/h2-7,9,14H,8,10-12H2,1H3/b7-6+. The van der Waals surface area contributed by atoms with Crippen LogP contribution in [-0.2, 0) is 21.2 Å². The third-order valence-corrected chi connectivity index (χ3v) is 5.74. The number of rotatable bonds is 5. The van der Waals surface area contributed by atoms with Gasteiger partial charge in [-0.25, -0.2) is 8.42 Å². The fourth-order valence-corrected chi connectivity index (χ4v) is 4.50. The topological polar surface area (TPSA) is 80.7 Å². The van der Waals surface area contributed by atoms with Gasteiger partial charge in [0.2, 0.25) is 5.91 Å². The van der Waals surface area contributed by atoms with Crippen LogP contribution < -0.4 is 0 Å². The van der Waals surface area contributed by atoms with Crippen LogP contribution in [0.2, 0.25) is 0 Å². The maximum Gasteiger partial charge on any atom is 0.247 e. The molecule has 0 aromatic carbocycles. The quantitative estimate of drug-likeness (QED) is 0.774. The third kappa shape index (κ3) is 3.97. The number of amides is 1. The van der Waals surface area contributed by atoms with Gasteiger partial charge in [0.1, 0.15) is 17.3 Å². The number of sulfone groups is 1. The summed E-state index contributed by atoms with van der Waals surface area (Å²) in [4.78, 5) is 14.2. The van der Waals surface area contributed by atoms with Gasteiger partial charge >= 0.3 is 0 Å². The Labute approximate surface area is 140 Å². The molecule has 0 aliphatic carbocycles. The molecule has 128 valence electrons. The minimum absolute atomic E-state index is 0.00680. The number of hydrogen-bond donors (Lipinski definition) is 0. The number of furan rings is 2. The maximum atomic E-state index is 12.6. The lowest BCUT2D eigenvalue weighted by atomic mass is 10.2. The van der Waals surface area contributed by atoms with Crippen LogP contribution in [-0.4, -0.2) is 36.8 Å². The molecule has 1 aliphatic rings. The van der Waals surface area contributed by atoms with E-state index in [-0.39, 0.29) is 30.0 Å². The minimum Gasteiger partial charge on any atom is -0.467 e. The van der Waals surface area contributed by atoms with Crippen molar-refractivity contribution >= 4 is 21.8 Å². The average molecular weight is 349 g/mol. The second kappa shape index (κ2) is 6.68. The van der Waals surface area contributed by atoms with Gasteiger partial charge in [-0.3, -0.25) is 4.79 Å². The van der Waals surface area contributed by atoms with Crippen LogP contribution in [0, 0.1) is 6.92 Å². The van der Waals surface area contributed by atoms with Gasteiger partial charge in [-0.2, -0.15) is 0 Å². The number of aryl methyl sites for hydroxylation is 1. The van der Waals surface area contributed by atoms with Crippen LogP contribution in [0.4, 0.5) is 0 Å². The molecule has 7 heteroatoms. The van der Waals surface area contributed by atoms with Crippen molar-refractivity contribution in [3.05, 3.63) is 53.9 Å². The highest BCUT2D eigenvalue weighted by atomic mass is 32.2. The van der Waals surface area contributed by atoms with Crippen molar-refractivity contribution in [3.63, 3.8) is 0 Å². The van der Waals surface area contributed by atoms with Gasteiger partial charge in [0, 0.05) is 12.1 Å². The molecule has 1 unspecified atom stereocenters. The van der Waals surface area contributed by atoms with Crippen molar-refractivity contribution < 1.29 is 22.0 Å². The predicted octanol–water partition coefficient (Wildman–Crippen LogP) is 2.41. The van der Waals surface area contributed by atoms with Gasteiger partial charge in [-0.15, -0.1) is 0 Å². The Kier molecular flexibility index (Phi) is 4.62. The Hall–Kier alpha value is -2.28. The zero-order chi connectivity index (χ0) is 17.2. The molecular weight excluding hydrogens is 330 g/mol. The molecule has 1 saturated heterocycles. The molecule has 2 aromatic heterocycles. The molecule has 0 saturated carbocycles. The fourth-order valence-electron chi connectivity index (χ4n) is 2.77. The van der Waals surface area contributed by atoms with Crippen LogP contribution in [0.5, 0.6) is 0 Å². The van der Waals surface area contributed by atoms with Gasteiger partial charge < -0.3 is 13.7 Å². The van der Waals surface area contributed by atoms with Gasteiger partial charge in [-0.05, 0) is 43.7 Å². The summed E-state index contributed by atoms with van der Waals surface area (Å²) in [5, 5.41) is 0. The van der Waals surface area contributed by atoms with E-state index in [4.69, 9.17) is 8.83 Å². The van der Waals surface area contributed by atoms with Crippen molar-refractivity contribution in [2.75, 3.05) is 11.5 Å². The molecule has 1 atom stereocenters. The Bertz CT molecular complexity index is 832. The molecule has 0 radical (unpaired) electrons. The molecule has 3 rings (SSSR count). The zero-order valence-corrected chi connectivity index (χ0v) is 14.2. The summed E-state index contributed by atoms with van der Waals surface area (Å²) in [6.45, 7) is 2.07. The summed E-state index contributed by atoms with van der Waals surface area (Å²) in [7, 11) is -3.08. The van der Waals surface area contributed by atoms with E-state index >= 15 is 0 Å². The van der Waals surface area contributed by atoms with Gasteiger partial charge in [-0.1, -0.05) is 0 Å². The number of carbonyl (C=O) groups excluding carboxylic acids is 1. The highest BCUT2D eigenvalue weighted by Crippen LogP contribution is 2.21. The van der Waals surface area contributed by atoms with Crippen molar-refractivity contribution in [3.8, 4) is 0 Å². The second-order valence-corrected chi connectivity index (χ2v) is 8.11. The lowest BCUT2D eigenvalue weighted by Gasteiger charge is -2.26. The van der Waals surface area contributed by atoms with Crippen molar-refractivity contribution in [1.29, 1.82) is 0 Å². The predicted molar refractivity (Wildman–Crippen MR) is 88.8 cm³/mol. The van der Waals surface area contributed by atoms with Gasteiger partial charge in [0.05, 0.1) is 24.3 Å². The number of carbonyl (C=O) groups is 1. The molecular formula is C17H19NO5S. The monoisotopic (exact) mass is 349 g/mol. The van der Waals surface area contributed by atoms with Crippen molar-refractivity contribution in [1.82, 2.24) is 4.90 Å². The normalized spacial score (nSPS) is 19.8. The molecule has 0 N–H and O–H groups in total. The summed E-state index contributed by atoms with van der Waals surface area (Å²) >= 11 is 0. The minimum atomic E-state index is -3.08. The molecule has 3 heterocycles. The molecule has 6 nitrogen and oxygen atoms in total. The Morgan fingerprint density at radius 1 is 1.38 bits per heavy atom. The summed E-state index contributed by atoms with van der Waals surface area (Å²) in [6.07, 6.45) is 4.98. The first-order valence-electron chi connectivity index (χ1n) is 7.71. The van der Waals surface area contributed by atoms with E-state index in [2.05, 4.69) is 0 Å². The van der Waals surface area contributed by atoms with E-state index < -0.39 is 9.84 Å². The molecule has 1 aliphatic heterocycles. The lowest BCUT2D eigenvalue weighted by Crippen LogP contribution is -2.39. The van der Waals surface area contributed by atoms with Crippen LogP contribution in [0.1, 0.15) is 23.7 Å². The Morgan fingerprint density at radius 2 is 2.21 bits per heavy atom. The van der Waals surface area contributed by atoms with Gasteiger partial charge in [0.15, 0.2) is 9.84 Å². The van der Waals surface area contributed by atoms with Crippen LogP contribution >= 0.6 is 0 Å². The van der Waals surface area contributed by atoms with Crippen LogP contribution in [0.3, 0.4) is 0 Å². The van der Waals surface area contributed by atoms with Crippen LogP contribution in [0.25, 0.3) is 6.08 Å². The summed E-state index contributed by atoms with van der Waals surface area (Å²) in [5.41, 5.74) is 0. The third-order valence-electron chi connectivity index (χ3n) is 3.99. The van der Waals surface area contributed by atoms with E-state index in [1.807, 2.05) is 13.0 Å². The van der Waals surface area contributed by atoms with E-state index in [1.165, 1.54) is 12.3 Å². The van der Waals surface area contributed by atoms with Gasteiger partial charge in [0.25, 0.3) is 0 Å². The number of nitrogens with zero attached hydrogens (tertiary/aromatic N) is 1. The summed E-state index contributed by atoms with van der Waals surface area (Å²) in [5.74, 6) is 1.81.